The van der Waals surface area contributed by atoms with Crippen LogP contribution in [0.2, 0.25) is 0 Å². The van der Waals surface area contributed by atoms with Gasteiger partial charge in [0.05, 0.1) is 12.2 Å². The number of H-pyrrole nitrogens is 1. The molecule has 0 radical (unpaired) electrons. The zero-order chi connectivity index (χ0) is 18.3. The molecule has 0 bridgehead atoms. The molecule has 0 saturated carbocycles. The lowest BCUT2D eigenvalue weighted by Gasteiger charge is -2.38. The van der Waals surface area contributed by atoms with Crippen molar-refractivity contribution in [2.45, 2.75) is 38.8 Å². The average molecular weight is 353 g/mol. The standard InChI is InChI=1S/C17H19N7O2/c1-10-4-5-14-11(6-10)13(7-17(2,3)26-14)20-16(25)12-8-18-21-15(12)24-9-19-22-23-24/h4-6,8-9,13H,7H2,1-3H3,(H,18,21)(H,20,25)/t13-/m0/s1. The Kier molecular flexibility index (Phi) is 3.71. The van der Waals surface area contributed by atoms with Crippen LogP contribution in [0.15, 0.2) is 30.7 Å². The molecule has 0 fully saturated rings. The molecule has 3 heterocycles. The van der Waals surface area contributed by atoms with Crippen LogP contribution in [0.5, 0.6) is 5.75 Å². The number of ether oxygens (including phenoxy) is 1. The molecule has 26 heavy (non-hydrogen) atoms. The predicted molar refractivity (Wildman–Crippen MR) is 92.0 cm³/mol. The van der Waals surface area contributed by atoms with Crippen LogP contribution in [-0.2, 0) is 0 Å². The maximum atomic E-state index is 12.9. The summed E-state index contributed by atoms with van der Waals surface area (Å²) in [4.78, 5) is 12.9. The van der Waals surface area contributed by atoms with E-state index in [4.69, 9.17) is 4.74 Å². The molecule has 1 aromatic carbocycles. The minimum absolute atomic E-state index is 0.169. The SMILES string of the molecule is Cc1ccc2c(c1)[C@@H](NC(=O)c1cn[nH]c1-n1cnnn1)CC(C)(C)O2. The third kappa shape index (κ3) is 2.92. The van der Waals surface area contributed by atoms with Crippen molar-refractivity contribution in [2.75, 3.05) is 0 Å². The lowest BCUT2D eigenvalue weighted by Crippen LogP contribution is -2.41. The summed E-state index contributed by atoms with van der Waals surface area (Å²) >= 11 is 0. The quantitative estimate of drug-likeness (QED) is 0.742. The molecule has 1 aliphatic rings. The fourth-order valence-corrected chi connectivity index (χ4v) is 3.22. The van der Waals surface area contributed by atoms with E-state index in [1.54, 1.807) is 0 Å². The van der Waals surface area contributed by atoms with E-state index in [-0.39, 0.29) is 17.6 Å². The van der Waals surface area contributed by atoms with Gasteiger partial charge in [-0.3, -0.25) is 9.89 Å². The van der Waals surface area contributed by atoms with Gasteiger partial charge in [0.1, 0.15) is 23.2 Å². The van der Waals surface area contributed by atoms with Gasteiger partial charge >= 0.3 is 0 Å². The minimum Gasteiger partial charge on any atom is -0.487 e. The molecular formula is C17H19N7O2. The topological polar surface area (TPSA) is 111 Å². The van der Waals surface area contributed by atoms with Crippen molar-refractivity contribution in [3.8, 4) is 11.6 Å². The van der Waals surface area contributed by atoms with Crippen LogP contribution in [0.4, 0.5) is 0 Å². The van der Waals surface area contributed by atoms with Gasteiger partial charge in [-0.25, -0.2) is 0 Å². The van der Waals surface area contributed by atoms with Gasteiger partial charge in [0, 0.05) is 12.0 Å². The van der Waals surface area contributed by atoms with Crippen LogP contribution in [0.25, 0.3) is 5.82 Å². The second kappa shape index (κ2) is 5.94. The number of aryl methyl sites for hydroxylation is 1. The van der Waals surface area contributed by atoms with E-state index in [1.165, 1.54) is 17.2 Å². The van der Waals surface area contributed by atoms with E-state index in [9.17, 15) is 4.79 Å². The van der Waals surface area contributed by atoms with E-state index in [0.717, 1.165) is 16.9 Å². The summed E-state index contributed by atoms with van der Waals surface area (Å²) in [5, 5.41) is 20.8. The molecule has 4 rings (SSSR count). The molecule has 0 saturated heterocycles. The van der Waals surface area contributed by atoms with Crippen molar-refractivity contribution in [3.63, 3.8) is 0 Å². The minimum atomic E-state index is -0.380. The van der Waals surface area contributed by atoms with Crippen LogP contribution >= 0.6 is 0 Å². The highest BCUT2D eigenvalue weighted by atomic mass is 16.5. The Bertz CT molecular complexity index is 946. The zero-order valence-electron chi connectivity index (χ0n) is 14.7. The fraction of sp³-hybridized carbons (Fsp3) is 0.353. The third-order valence-electron chi connectivity index (χ3n) is 4.37. The number of amides is 1. The molecule has 0 unspecified atom stereocenters. The van der Waals surface area contributed by atoms with Gasteiger partial charge in [0.2, 0.25) is 0 Å². The number of benzene rings is 1. The number of rotatable bonds is 3. The molecule has 134 valence electrons. The smallest absolute Gasteiger partial charge is 0.257 e. The molecule has 2 N–H and O–H groups in total. The lowest BCUT2D eigenvalue weighted by atomic mass is 9.89. The van der Waals surface area contributed by atoms with Gasteiger partial charge in [-0.2, -0.15) is 9.78 Å². The van der Waals surface area contributed by atoms with Crippen LogP contribution in [0.1, 0.15) is 47.8 Å². The molecule has 2 aromatic heterocycles. The molecule has 0 spiro atoms. The first-order chi connectivity index (χ1) is 12.4. The Morgan fingerprint density at radius 3 is 3.04 bits per heavy atom. The number of carbonyl (C=O) groups is 1. The van der Waals surface area contributed by atoms with Crippen LogP contribution < -0.4 is 10.1 Å². The first-order valence-corrected chi connectivity index (χ1v) is 8.30. The highest BCUT2D eigenvalue weighted by Crippen LogP contribution is 2.40. The van der Waals surface area contributed by atoms with Gasteiger partial charge < -0.3 is 10.1 Å². The largest absolute Gasteiger partial charge is 0.487 e. The number of fused-ring (bicyclic) bond motifs is 1. The number of tetrazole rings is 1. The Labute approximate surface area is 149 Å². The molecule has 1 aliphatic heterocycles. The van der Waals surface area contributed by atoms with Crippen molar-refractivity contribution in [1.29, 1.82) is 0 Å². The number of nitrogens with one attached hydrogen (secondary N) is 2. The highest BCUT2D eigenvalue weighted by molar-refractivity contribution is 5.97. The fourth-order valence-electron chi connectivity index (χ4n) is 3.22. The van der Waals surface area contributed by atoms with Crippen molar-refractivity contribution in [2.24, 2.45) is 0 Å². The number of hydrogen-bond acceptors (Lipinski definition) is 6. The summed E-state index contributed by atoms with van der Waals surface area (Å²) in [6, 6.07) is 5.84. The second-order valence-corrected chi connectivity index (χ2v) is 7.02. The number of hydrogen-bond donors (Lipinski definition) is 2. The maximum absolute atomic E-state index is 12.9. The summed E-state index contributed by atoms with van der Waals surface area (Å²) in [6.45, 7) is 6.05. The van der Waals surface area contributed by atoms with E-state index in [0.29, 0.717) is 17.8 Å². The van der Waals surface area contributed by atoms with E-state index in [2.05, 4.69) is 31.0 Å². The number of nitrogens with zero attached hydrogens (tertiary/aromatic N) is 5. The third-order valence-corrected chi connectivity index (χ3v) is 4.37. The predicted octanol–water partition coefficient (Wildman–Crippen LogP) is 1.73. The summed E-state index contributed by atoms with van der Waals surface area (Å²) in [7, 11) is 0. The second-order valence-electron chi connectivity index (χ2n) is 7.02. The Hall–Kier alpha value is -3.23. The Morgan fingerprint density at radius 2 is 2.27 bits per heavy atom. The van der Waals surface area contributed by atoms with Crippen LogP contribution in [0, 0.1) is 6.92 Å². The van der Waals surface area contributed by atoms with Gasteiger partial charge in [-0.1, -0.05) is 17.7 Å². The zero-order valence-corrected chi connectivity index (χ0v) is 14.7. The maximum Gasteiger partial charge on any atom is 0.257 e. The number of aromatic nitrogens is 6. The number of aromatic amines is 1. The molecule has 9 nitrogen and oxygen atoms in total. The van der Waals surface area contributed by atoms with Gasteiger partial charge in [0.25, 0.3) is 5.91 Å². The van der Waals surface area contributed by atoms with Gasteiger partial charge in [-0.05, 0) is 37.3 Å². The van der Waals surface area contributed by atoms with Crippen molar-refractivity contribution < 1.29 is 9.53 Å². The van der Waals surface area contributed by atoms with Gasteiger partial charge in [-0.15, -0.1) is 5.10 Å². The van der Waals surface area contributed by atoms with E-state index >= 15 is 0 Å². The van der Waals surface area contributed by atoms with Crippen LogP contribution in [0.3, 0.4) is 0 Å². The summed E-state index contributed by atoms with van der Waals surface area (Å²) in [6.07, 6.45) is 3.53. The normalized spacial score (nSPS) is 18.0. The molecule has 3 aromatic rings. The first kappa shape index (κ1) is 16.2. The van der Waals surface area contributed by atoms with E-state index < -0.39 is 0 Å². The Balaban J connectivity index is 1.65. The molecule has 1 amide bonds. The monoisotopic (exact) mass is 353 g/mol. The van der Waals surface area contributed by atoms with Crippen molar-refractivity contribution in [1.82, 2.24) is 35.7 Å². The molecule has 0 aliphatic carbocycles. The highest BCUT2D eigenvalue weighted by Gasteiger charge is 2.35. The summed E-state index contributed by atoms with van der Waals surface area (Å²) < 4.78 is 7.43. The average Bonchev–Trinajstić information content (AvgIpc) is 3.25. The summed E-state index contributed by atoms with van der Waals surface area (Å²) in [5.41, 5.74) is 2.08. The van der Waals surface area contributed by atoms with Crippen molar-refractivity contribution in [3.05, 3.63) is 47.4 Å². The lowest BCUT2D eigenvalue weighted by molar-refractivity contribution is 0.0619. The molecule has 1 atom stereocenters. The summed E-state index contributed by atoms with van der Waals surface area (Å²) in [5.74, 6) is 0.965. The first-order valence-electron chi connectivity index (χ1n) is 8.30. The van der Waals surface area contributed by atoms with Crippen molar-refractivity contribution >= 4 is 5.91 Å². The Morgan fingerprint density at radius 1 is 1.42 bits per heavy atom. The molecule has 9 heteroatoms. The van der Waals surface area contributed by atoms with Crippen LogP contribution in [-0.4, -0.2) is 41.9 Å². The van der Waals surface area contributed by atoms with E-state index in [1.807, 2.05) is 39.0 Å². The van der Waals surface area contributed by atoms with Gasteiger partial charge in [0.15, 0.2) is 5.82 Å². The number of carbonyl (C=O) groups excluding carboxylic acids is 1. The molecular weight excluding hydrogens is 334 g/mol.